The van der Waals surface area contributed by atoms with E-state index in [1.165, 1.54) is 5.56 Å². The average molecular weight is 353 g/mol. The zero-order chi connectivity index (χ0) is 17.6. The van der Waals surface area contributed by atoms with Gasteiger partial charge in [-0.25, -0.2) is 4.98 Å². The molecule has 0 spiro atoms. The van der Waals surface area contributed by atoms with Crippen molar-refractivity contribution in [2.24, 2.45) is 0 Å². The van der Waals surface area contributed by atoms with E-state index in [0.717, 1.165) is 70.5 Å². The van der Waals surface area contributed by atoms with Gasteiger partial charge in [0.25, 0.3) is 0 Å². The number of nitrogens with zero attached hydrogens (tertiary/aromatic N) is 4. The number of nitrogens with one attached hydrogen (secondary N) is 1. The smallest absolute Gasteiger partial charge is 0.227 e. The van der Waals surface area contributed by atoms with Gasteiger partial charge in [0.1, 0.15) is 5.82 Å². The van der Waals surface area contributed by atoms with Crippen LogP contribution in [0, 0.1) is 0 Å². The van der Waals surface area contributed by atoms with Crippen molar-refractivity contribution >= 4 is 11.8 Å². The van der Waals surface area contributed by atoms with Crippen molar-refractivity contribution < 1.29 is 4.74 Å². The Morgan fingerprint density at radius 2 is 1.77 bits per heavy atom. The highest BCUT2D eigenvalue weighted by Gasteiger charge is 2.20. The van der Waals surface area contributed by atoms with Crippen LogP contribution in [0.2, 0.25) is 0 Å². The third-order valence-corrected chi connectivity index (χ3v) is 5.13. The van der Waals surface area contributed by atoms with Crippen LogP contribution >= 0.6 is 0 Å². The molecule has 0 atom stereocenters. The molecule has 6 nitrogen and oxygen atoms in total. The molecule has 0 radical (unpaired) electrons. The van der Waals surface area contributed by atoms with Gasteiger partial charge in [0.2, 0.25) is 5.95 Å². The monoisotopic (exact) mass is 353 g/mol. The van der Waals surface area contributed by atoms with Crippen LogP contribution < -0.4 is 10.2 Å². The summed E-state index contributed by atoms with van der Waals surface area (Å²) in [6.07, 6.45) is 4.14. The summed E-state index contributed by atoms with van der Waals surface area (Å²) in [6.45, 7) is 6.51. The molecule has 1 aromatic carbocycles. The van der Waals surface area contributed by atoms with Gasteiger partial charge in [-0.05, 0) is 24.5 Å². The van der Waals surface area contributed by atoms with Crippen molar-refractivity contribution in [2.75, 3.05) is 49.6 Å². The normalized spacial score (nSPS) is 19.5. The maximum absolute atomic E-state index is 5.41. The second-order valence-electron chi connectivity index (χ2n) is 7.02. The Hall–Kier alpha value is -2.18. The Morgan fingerprint density at radius 1 is 1.00 bits per heavy atom. The Balaban J connectivity index is 1.29. The standard InChI is InChI=1S/C20H27N5O/c1-2-4-17(5-3-1)16-24-10-7-18(8-11-24)22-19-6-9-21-20(23-19)25-12-14-26-15-13-25/h1-6,9,18H,7-8,10-16H2,(H,21,22,23). The molecule has 6 heteroatoms. The van der Waals surface area contributed by atoms with Gasteiger partial charge in [-0.3, -0.25) is 4.90 Å². The predicted octanol–water partition coefficient (Wildman–Crippen LogP) is 2.39. The third-order valence-electron chi connectivity index (χ3n) is 5.13. The third kappa shape index (κ3) is 4.51. The first kappa shape index (κ1) is 17.2. The van der Waals surface area contributed by atoms with Gasteiger partial charge >= 0.3 is 0 Å². The first-order valence-corrected chi connectivity index (χ1v) is 9.55. The topological polar surface area (TPSA) is 53.5 Å². The van der Waals surface area contributed by atoms with E-state index in [1.807, 2.05) is 12.3 Å². The van der Waals surface area contributed by atoms with E-state index >= 15 is 0 Å². The minimum atomic E-state index is 0.481. The Bertz CT molecular complexity index is 682. The van der Waals surface area contributed by atoms with Crippen LogP contribution in [0.4, 0.5) is 11.8 Å². The molecule has 26 heavy (non-hydrogen) atoms. The molecule has 2 fully saturated rings. The lowest BCUT2D eigenvalue weighted by Crippen LogP contribution is -2.39. The van der Waals surface area contributed by atoms with E-state index < -0.39 is 0 Å². The van der Waals surface area contributed by atoms with Crippen LogP contribution in [0.1, 0.15) is 18.4 Å². The maximum atomic E-state index is 5.41. The molecule has 4 rings (SSSR count). The summed E-state index contributed by atoms with van der Waals surface area (Å²) in [7, 11) is 0. The van der Waals surface area contributed by atoms with E-state index in [2.05, 4.69) is 50.4 Å². The number of hydrogen-bond donors (Lipinski definition) is 1. The van der Waals surface area contributed by atoms with Gasteiger partial charge in [0.05, 0.1) is 13.2 Å². The largest absolute Gasteiger partial charge is 0.378 e. The van der Waals surface area contributed by atoms with E-state index in [-0.39, 0.29) is 0 Å². The van der Waals surface area contributed by atoms with Crippen LogP contribution in [-0.4, -0.2) is 60.3 Å². The lowest BCUT2D eigenvalue weighted by molar-refractivity contribution is 0.122. The SMILES string of the molecule is c1ccc(CN2CCC(Nc3ccnc(N4CCOCC4)n3)CC2)cc1. The van der Waals surface area contributed by atoms with Crippen LogP contribution in [0.5, 0.6) is 0 Å². The number of piperidine rings is 1. The van der Waals surface area contributed by atoms with Crippen LogP contribution in [0.15, 0.2) is 42.6 Å². The number of rotatable bonds is 5. The van der Waals surface area contributed by atoms with E-state index in [9.17, 15) is 0 Å². The van der Waals surface area contributed by atoms with Gasteiger partial charge in [0, 0.05) is 45.0 Å². The van der Waals surface area contributed by atoms with Gasteiger partial charge in [-0.15, -0.1) is 0 Å². The van der Waals surface area contributed by atoms with Crippen LogP contribution in [0.25, 0.3) is 0 Å². The van der Waals surface area contributed by atoms with Crippen molar-refractivity contribution in [2.45, 2.75) is 25.4 Å². The van der Waals surface area contributed by atoms with E-state index in [4.69, 9.17) is 9.72 Å². The zero-order valence-electron chi connectivity index (χ0n) is 15.2. The minimum Gasteiger partial charge on any atom is -0.378 e. The molecule has 0 unspecified atom stereocenters. The summed E-state index contributed by atoms with van der Waals surface area (Å²) >= 11 is 0. The fourth-order valence-electron chi connectivity index (χ4n) is 3.63. The van der Waals surface area contributed by atoms with E-state index in [0.29, 0.717) is 6.04 Å². The highest BCUT2D eigenvalue weighted by molar-refractivity contribution is 5.42. The first-order valence-electron chi connectivity index (χ1n) is 9.55. The minimum absolute atomic E-state index is 0.481. The molecule has 138 valence electrons. The molecular formula is C20H27N5O. The van der Waals surface area contributed by atoms with Crippen molar-refractivity contribution in [1.29, 1.82) is 0 Å². The van der Waals surface area contributed by atoms with Gasteiger partial charge < -0.3 is 15.0 Å². The van der Waals surface area contributed by atoms with Gasteiger partial charge in [0.15, 0.2) is 0 Å². The number of hydrogen-bond acceptors (Lipinski definition) is 6. The second-order valence-corrected chi connectivity index (χ2v) is 7.02. The zero-order valence-corrected chi connectivity index (χ0v) is 15.2. The van der Waals surface area contributed by atoms with Gasteiger partial charge in [-0.1, -0.05) is 30.3 Å². The second kappa shape index (κ2) is 8.47. The predicted molar refractivity (Wildman–Crippen MR) is 103 cm³/mol. The Morgan fingerprint density at radius 3 is 2.54 bits per heavy atom. The fourth-order valence-corrected chi connectivity index (χ4v) is 3.63. The summed E-state index contributed by atoms with van der Waals surface area (Å²) < 4.78 is 5.41. The molecule has 1 N–H and O–H groups in total. The first-order chi connectivity index (χ1) is 12.9. The van der Waals surface area contributed by atoms with Crippen LogP contribution in [0.3, 0.4) is 0 Å². The molecule has 0 amide bonds. The molecule has 3 heterocycles. The Labute approximate surface area is 155 Å². The lowest BCUT2D eigenvalue weighted by Gasteiger charge is -2.33. The average Bonchev–Trinajstić information content (AvgIpc) is 2.71. The summed E-state index contributed by atoms with van der Waals surface area (Å²) in [6, 6.07) is 13.2. The molecule has 2 saturated heterocycles. The highest BCUT2D eigenvalue weighted by Crippen LogP contribution is 2.19. The summed E-state index contributed by atoms with van der Waals surface area (Å²) in [5.74, 6) is 1.74. The van der Waals surface area contributed by atoms with Crippen LogP contribution in [-0.2, 0) is 11.3 Å². The molecule has 0 bridgehead atoms. The van der Waals surface area contributed by atoms with Crippen molar-refractivity contribution in [3.8, 4) is 0 Å². The quantitative estimate of drug-likeness (QED) is 0.891. The molecule has 2 aliphatic heterocycles. The van der Waals surface area contributed by atoms with Crippen molar-refractivity contribution in [1.82, 2.24) is 14.9 Å². The summed E-state index contributed by atoms with van der Waals surface area (Å²) in [4.78, 5) is 13.9. The number of ether oxygens (including phenoxy) is 1. The number of likely N-dealkylation sites (tertiary alicyclic amines) is 1. The number of aromatic nitrogens is 2. The highest BCUT2D eigenvalue weighted by atomic mass is 16.5. The molecule has 2 aromatic rings. The van der Waals surface area contributed by atoms with E-state index in [1.54, 1.807) is 0 Å². The Kier molecular flexibility index (Phi) is 5.62. The molecule has 2 aliphatic rings. The summed E-state index contributed by atoms with van der Waals surface area (Å²) in [5, 5.41) is 3.61. The number of benzene rings is 1. The van der Waals surface area contributed by atoms with Gasteiger partial charge in [-0.2, -0.15) is 4.98 Å². The lowest BCUT2D eigenvalue weighted by atomic mass is 10.0. The maximum Gasteiger partial charge on any atom is 0.227 e. The molecule has 0 aliphatic carbocycles. The van der Waals surface area contributed by atoms with Crippen molar-refractivity contribution in [3.63, 3.8) is 0 Å². The van der Waals surface area contributed by atoms with Crippen molar-refractivity contribution in [3.05, 3.63) is 48.2 Å². The fraction of sp³-hybridized carbons (Fsp3) is 0.500. The molecule has 1 aromatic heterocycles. The molecular weight excluding hydrogens is 326 g/mol. The number of morpholine rings is 1. The number of anilines is 2. The summed E-state index contributed by atoms with van der Waals surface area (Å²) in [5.41, 5.74) is 1.39. The molecule has 0 saturated carbocycles.